The summed E-state index contributed by atoms with van der Waals surface area (Å²) >= 11 is 0. The van der Waals surface area contributed by atoms with E-state index in [-0.39, 0.29) is 25.2 Å². The van der Waals surface area contributed by atoms with Crippen LogP contribution in [0.25, 0.3) is 0 Å². The minimum atomic E-state index is -3.87. The Morgan fingerprint density at radius 1 is 1.33 bits per heavy atom. The van der Waals surface area contributed by atoms with Crippen molar-refractivity contribution in [3.63, 3.8) is 0 Å². The molecule has 1 amide bonds. The largest absolute Gasteiger partial charge is 0.446 e. The standard InChI is InChI=1S/C10H22N2O5S/c1-8(2)17-10(14)12-18(15,16)11-6-4-5-9(3)7-13/h8-9,11,13H,4-7H2,1-3H3,(H,12,14). The average Bonchev–Trinajstić information content (AvgIpc) is 2.21. The van der Waals surface area contributed by atoms with E-state index in [1.54, 1.807) is 18.6 Å². The second-order valence-electron chi connectivity index (χ2n) is 4.38. The predicted molar refractivity (Wildman–Crippen MR) is 67.2 cm³/mol. The SMILES string of the molecule is CC(CO)CCCNS(=O)(=O)NC(=O)OC(C)C. The van der Waals surface area contributed by atoms with Crippen LogP contribution in [-0.2, 0) is 14.9 Å². The number of rotatable bonds is 8. The highest BCUT2D eigenvalue weighted by Gasteiger charge is 2.15. The topological polar surface area (TPSA) is 105 Å². The maximum atomic E-state index is 11.4. The Balaban J connectivity index is 3.91. The van der Waals surface area contributed by atoms with Crippen LogP contribution in [0.1, 0.15) is 33.6 Å². The first-order valence-electron chi connectivity index (χ1n) is 5.85. The highest BCUT2D eigenvalue weighted by Crippen LogP contribution is 2.02. The molecule has 0 rings (SSSR count). The summed E-state index contributed by atoms with van der Waals surface area (Å²) in [5, 5.41) is 8.78. The first kappa shape index (κ1) is 17.1. The molecule has 0 radical (unpaired) electrons. The van der Waals surface area contributed by atoms with E-state index in [0.29, 0.717) is 12.8 Å². The molecule has 0 aliphatic rings. The van der Waals surface area contributed by atoms with E-state index in [1.807, 2.05) is 6.92 Å². The van der Waals surface area contributed by atoms with Gasteiger partial charge in [0.05, 0.1) is 6.10 Å². The fraction of sp³-hybridized carbons (Fsp3) is 0.900. The fourth-order valence-electron chi connectivity index (χ4n) is 1.13. The molecule has 0 saturated heterocycles. The molecule has 7 nitrogen and oxygen atoms in total. The van der Waals surface area contributed by atoms with Crippen LogP contribution in [0.4, 0.5) is 4.79 Å². The molecule has 0 aliphatic heterocycles. The van der Waals surface area contributed by atoms with Gasteiger partial charge in [0.2, 0.25) is 0 Å². The van der Waals surface area contributed by atoms with Crippen molar-refractivity contribution < 1.29 is 23.1 Å². The molecule has 0 aliphatic carbocycles. The summed E-state index contributed by atoms with van der Waals surface area (Å²) < 4.78 is 31.3. The maximum absolute atomic E-state index is 11.4. The summed E-state index contributed by atoms with van der Waals surface area (Å²) in [4.78, 5) is 11.1. The van der Waals surface area contributed by atoms with E-state index in [0.717, 1.165) is 0 Å². The van der Waals surface area contributed by atoms with Crippen LogP contribution in [0, 0.1) is 5.92 Å². The van der Waals surface area contributed by atoms with Gasteiger partial charge in [-0.25, -0.2) is 9.52 Å². The lowest BCUT2D eigenvalue weighted by molar-refractivity contribution is 0.121. The van der Waals surface area contributed by atoms with Crippen molar-refractivity contribution in [3.8, 4) is 0 Å². The van der Waals surface area contributed by atoms with Crippen molar-refractivity contribution in [2.24, 2.45) is 5.92 Å². The van der Waals surface area contributed by atoms with Crippen molar-refractivity contribution in [2.45, 2.75) is 39.7 Å². The third-order valence-corrected chi connectivity index (χ3v) is 3.06. The van der Waals surface area contributed by atoms with Gasteiger partial charge in [0.1, 0.15) is 0 Å². The Kier molecular flexibility index (Phi) is 7.88. The normalized spacial score (nSPS) is 13.4. The Morgan fingerprint density at radius 3 is 2.44 bits per heavy atom. The number of amides is 1. The van der Waals surface area contributed by atoms with Crippen LogP contribution in [-0.4, -0.2) is 38.9 Å². The van der Waals surface area contributed by atoms with E-state index >= 15 is 0 Å². The minimum absolute atomic E-state index is 0.0751. The van der Waals surface area contributed by atoms with Gasteiger partial charge in [0.15, 0.2) is 0 Å². The van der Waals surface area contributed by atoms with E-state index in [9.17, 15) is 13.2 Å². The van der Waals surface area contributed by atoms with Gasteiger partial charge in [-0.15, -0.1) is 0 Å². The van der Waals surface area contributed by atoms with E-state index < -0.39 is 16.3 Å². The molecule has 0 saturated carbocycles. The molecule has 1 unspecified atom stereocenters. The first-order valence-corrected chi connectivity index (χ1v) is 7.34. The van der Waals surface area contributed by atoms with Crippen molar-refractivity contribution in [3.05, 3.63) is 0 Å². The summed E-state index contributed by atoms with van der Waals surface area (Å²) in [5.74, 6) is 0.133. The van der Waals surface area contributed by atoms with Crippen molar-refractivity contribution in [2.75, 3.05) is 13.2 Å². The van der Waals surface area contributed by atoms with Crippen LogP contribution in [0.15, 0.2) is 0 Å². The third kappa shape index (κ3) is 9.20. The van der Waals surface area contributed by atoms with Crippen LogP contribution in [0.5, 0.6) is 0 Å². The molecule has 1 atom stereocenters. The molecule has 0 bridgehead atoms. The highest BCUT2D eigenvalue weighted by atomic mass is 32.2. The van der Waals surface area contributed by atoms with Crippen molar-refractivity contribution >= 4 is 16.3 Å². The number of carbonyl (C=O) groups excluding carboxylic acids is 1. The molecular weight excluding hydrogens is 260 g/mol. The molecule has 108 valence electrons. The lowest BCUT2D eigenvalue weighted by atomic mass is 10.1. The molecule has 18 heavy (non-hydrogen) atoms. The molecule has 0 aromatic carbocycles. The third-order valence-electron chi connectivity index (χ3n) is 2.04. The van der Waals surface area contributed by atoms with Gasteiger partial charge in [-0.2, -0.15) is 13.1 Å². The Bertz CT molecular complexity index is 342. The van der Waals surface area contributed by atoms with Crippen molar-refractivity contribution in [1.82, 2.24) is 9.44 Å². The van der Waals surface area contributed by atoms with Gasteiger partial charge < -0.3 is 9.84 Å². The zero-order chi connectivity index (χ0) is 14.2. The fourth-order valence-corrected chi connectivity index (χ4v) is 1.89. The van der Waals surface area contributed by atoms with Gasteiger partial charge in [0, 0.05) is 13.2 Å². The molecule has 3 N–H and O–H groups in total. The highest BCUT2D eigenvalue weighted by molar-refractivity contribution is 7.88. The summed E-state index contributed by atoms with van der Waals surface area (Å²) in [6.07, 6.45) is -0.0936. The summed E-state index contributed by atoms with van der Waals surface area (Å²) in [5.41, 5.74) is 0. The van der Waals surface area contributed by atoms with Gasteiger partial charge in [-0.1, -0.05) is 6.92 Å². The predicted octanol–water partition coefficient (Wildman–Crippen LogP) is 0.364. The number of hydrogen-bond acceptors (Lipinski definition) is 5. The lowest BCUT2D eigenvalue weighted by Gasteiger charge is -2.11. The van der Waals surface area contributed by atoms with Crippen LogP contribution < -0.4 is 9.44 Å². The Hall–Kier alpha value is -0.860. The smallest absolute Gasteiger partial charge is 0.422 e. The van der Waals surface area contributed by atoms with Gasteiger partial charge in [-0.05, 0) is 32.6 Å². The number of aliphatic hydroxyl groups excluding tert-OH is 1. The van der Waals surface area contributed by atoms with E-state index in [4.69, 9.17) is 5.11 Å². The molecule has 0 spiro atoms. The number of nitrogens with one attached hydrogen (secondary N) is 2. The maximum Gasteiger partial charge on any atom is 0.422 e. The molecule has 0 aromatic rings. The second-order valence-corrected chi connectivity index (χ2v) is 5.88. The minimum Gasteiger partial charge on any atom is -0.446 e. The number of hydrogen-bond donors (Lipinski definition) is 3. The first-order chi connectivity index (χ1) is 8.26. The van der Waals surface area contributed by atoms with Gasteiger partial charge in [-0.3, -0.25) is 0 Å². The Morgan fingerprint density at radius 2 is 1.94 bits per heavy atom. The molecular formula is C10H22N2O5S. The summed E-state index contributed by atoms with van der Waals surface area (Å²) in [6.45, 7) is 5.39. The summed E-state index contributed by atoms with van der Waals surface area (Å²) in [7, 11) is -3.87. The lowest BCUT2D eigenvalue weighted by Crippen LogP contribution is -2.41. The monoisotopic (exact) mass is 282 g/mol. The molecule has 0 aromatic heterocycles. The molecule has 0 fully saturated rings. The quantitative estimate of drug-likeness (QED) is 0.558. The summed E-state index contributed by atoms with van der Waals surface area (Å²) in [6, 6.07) is 0. The molecule has 0 heterocycles. The zero-order valence-electron chi connectivity index (χ0n) is 11.0. The van der Waals surface area contributed by atoms with Crippen LogP contribution >= 0.6 is 0 Å². The average molecular weight is 282 g/mol. The van der Waals surface area contributed by atoms with Crippen LogP contribution in [0.2, 0.25) is 0 Å². The Labute approximate surface area is 108 Å². The zero-order valence-corrected chi connectivity index (χ0v) is 11.8. The number of aliphatic hydroxyl groups is 1. The van der Waals surface area contributed by atoms with Crippen molar-refractivity contribution in [1.29, 1.82) is 0 Å². The van der Waals surface area contributed by atoms with Gasteiger partial charge >= 0.3 is 16.3 Å². The number of carbonyl (C=O) groups is 1. The van der Waals surface area contributed by atoms with Gasteiger partial charge in [0.25, 0.3) is 0 Å². The van der Waals surface area contributed by atoms with Crippen LogP contribution in [0.3, 0.4) is 0 Å². The van der Waals surface area contributed by atoms with E-state index in [2.05, 4.69) is 9.46 Å². The number of ether oxygens (including phenoxy) is 1. The molecule has 8 heteroatoms. The second kappa shape index (κ2) is 8.28. The van der Waals surface area contributed by atoms with E-state index in [1.165, 1.54) is 0 Å².